The molecule has 0 fully saturated rings. The van der Waals surface area contributed by atoms with Gasteiger partial charge in [-0.2, -0.15) is 5.26 Å². The van der Waals surface area contributed by atoms with E-state index >= 15 is 0 Å². The van der Waals surface area contributed by atoms with Crippen molar-refractivity contribution in [1.82, 2.24) is 0 Å². The van der Waals surface area contributed by atoms with Crippen LogP contribution in [0.1, 0.15) is 0 Å². The summed E-state index contributed by atoms with van der Waals surface area (Å²) in [5, 5.41) is 11.0. The van der Waals surface area contributed by atoms with Crippen molar-refractivity contribution in [1.29, 1.82) is 5.26 Å². The molecule has 0 aromatic heterocycles. The van der Waals surface area contributed by atoms with Crippen molar-refractivity contribution in [3.05, 3.63) is 30.1 Å². The fourth-order valence-electron chi connectivity index (χ4n) is 0.738. The molecule has 14 heavy (non-hydrogen) atoms. The van der Waals surface area contributed by atoms with E-state index < -0.39 is 0 Å². The molecule has 0 bridgehead atoms. The summed E-state index contributed by atoms with van der Waals surface area (Å²) in [7, 11) is 0. The number of anilines is 1. The third-order valence-electron chi connectivity index (χ3n) is 1.26. The van der Waals surface area contributed by atoms with Gasteiger partial charge in [-0.1, -0.05) is 0 Å². The zero-order valence-electron chi connectivity index (χ0n) is 6.53. The molecular formula is C8H7FN3NaS. The quantitative estimate of drug-likeness (QED) is 0.246. The van der Waals surface area contributed by atoms with Gasteiger partial charge in [0.1, 0.15) is 5.82 Å². The Hall–Kier alpha value is -0.540. The first-order valence-corrected chi connectivity index (χ1v) is 3.85. The third kappa shape index (κ3) is 4.63. The van der Waals surface area contributed by atoms with Crippen molar-refractivity contribution in [3.63, 3.8) is 0 Å². The van der Waals surface area contributed by atoms with Crippen molar-refractivity contribution in [2.75, 3.05) is 5.32 Å². The van der Waals surface area contributed by atoms with E-state index in [2.05, 4.69) is 22.9 Å². The van der Waals surface area contributed by atoms with Crippen molar-refractivity contribution in [3.8, 4) is 6.19 Å². The minimum absolute atomic E-state index is 0. The number of hydrogen-bond donors (Lipinski definition) is 2. The van der Waals surface area contributed by atoms with Crippen LogP contribution in [0.5, 0.6) is 0 Å². The number of rotatable bonds is 1. The van der Waals surface area contributed by atoms with Crippen molar-refractivity contribution < 1.29 is 4.39 Å². The Balaban J connectivity index is 0.00000169. The first-order chi connectivity index (χ1) is 6.22. The Kier molecular flexibility index (Phi) is 6.58. The second-order valence-corrected chi connectivity index (χ2v) is 2.59. The van der Waals surface area contributed by atoms with Gasteiger partial charge in [0.15, 0.2) is 5.17 Å². The Morgan fingerprint density at radius 1 is 1.43 bits per heavy atom. The molecule has 0 saturated heterocycles. The van der Waals surface area contributed by atoms with E-state index in [1.54, 1.807) is 6.19 Å². The third-order valence-corrected chi connectivity index (χ3v) is 1.47. The van der Waals surface area contributed by atoms with Gasteiger partial charge in [0, 0.05) is 5.69 Å². The molecule has 68 valence electrons. The number of aliphatic imine (C=N–C) groups is 1. The number of nitriles is 1. The molecular weight excluding hydrogens is 212 g/mol. The average Bonchev–Trinajstić information content (AvgIpc) is 2.09. The normalized spacial score (nSPS) is 9.93. The summed E-state index contributed by atoms with van der Waals surface area (Å²) in [5.41, 5.74) is 0.630. The van der Waals surface area contributed by atoms with E-state index in [0.29, 0.717) is 5.69 Å². The maximum atomic E-state index is 12.4. The average molecular weight is 219 g/mol. The van der Waals surface area contributed by atoms with E-state index in [1.165, 1.54) is 24.3 Å². The van der Waals surface area contributed by atoms with Gasteiger partial charge < -0.3 is 5.32 Å². The van der Waals surface area contributed by atoms with Gasteiger partial charge in [-0.25, -0.2) is 4.39 Å². The molecule has 0 atom stereocenters. The number of hydrogen-bond acceptors (Lipinski definition) is 2. The SMILES string of the molecule is N#CN=C(S)Nc1ccc(F)cc1.[NaH]. The van der Waals surface area contributed by atoms with Gasteiger partial charge in [-0.15, -0.1) is 17.6 Å². The van der Waals surface area contributed by atoms with Gasteiger partial charge >= 0.3 is 29.6 Å². The van der Waals surface area contributed by atoms with Crippen LogP contribution in [-0.2, 0) is 0 Å². The molecule has 1 rings (SSSR count). The predicted molar refractivity (Wildman–Crippen MR) is 59.2 cm³/mol. The monoisotopic (exact) mass is 219 g/mol. The van der Waals surface area contributed by atoms with Gasteiger partial charge in [-0.3, -0.25) is 0 Å². The molecule has 0 amide bonds. The molecule has 3 nitrogen and oxygen atoms in total. The summed E-state index contributed by atoms with van der Waals surface area (Å²) in [6.45, 7) is 0. The summed E-state index contributed by atoms with van der Waals surface area (Å²) >= 11 is 3.87. The van der Waals surface area contributed by atoms with Crippen LogP contribution in [0.15, 0.2) is 29.3 Å². The summed E-state index contributed by atoms with van der Waals surface area (Å²) < 4.78 is 12.4. The van der Waals surface area contributed by atoms with Crippen molar-refractivity contribution in [2.24, 2.45) is 4.99 Å². The van der Waals surface area contributed by atoms with Gasteiger partial charge in [0.05, 0.1) is 0 Å². The first kappa shape index (κ1) is 13.5. The summed E-state index contributed by atoms with van der Waals surface area (Å²) in [6, 6.07) is 5.66. The van der Waals surface area contributed by atoms with Crippen LogP contribution in [-0.4, -0.2) is 34.7 Å². The van der Waals surface area contributed by atoms with Gasteiger partial charge in [-0.05, 0) is 24.3 Å². The topological polar surface area (TPSA) is 48.2 Å². The number of halogens is 1. The maximum absolute atomic E-state index is 12.4. The fourth-order valence-corrected chi connectivity index (χ4v) is 0.911. The molecule has 1 aromatic rings. The predicted octanol–water partition coefficient (Wildman–Crippen LogP) is 1.36. The second kappa shape index (κ2) is 6.85. The van der Waals surface area contributed by atoms with E-state index in [0.717, 1.165) is 0 Å². The van der Waals surface area contributed by atoms with Crippen molar-refractivity contribution in [2.45, 2.75) is 0 Å². The standard InChI is InChI=1S/C8H6FN3S.Na.H/c9-6-1-3-7(4-2-6)12-8(13)11-5-10;;/h1-4H,(H2,11,12,13);;. The molecule has 0 spiro atoms. The van der Waals surface area contributed by atoms with Crippen LogP contribution in [0.3, 0.4) is 0 Å². The molecule has 0 saturated carbocycles. The molecule has 0 unspecified atom stereocenters. The van der Waals surface area contributed by atoms with Crippen LogP contribution < -0.4 is 5.32 Å². The van der Waals surface area contributed by atoms with Crippen LogP contribution in [0.2, 0.25) is 0 Å². The van der Waals surface area contributed by atoms with Crippen LogP contribution >= 0.6 is 12.6 Å². The molecule has 1 aromatic carbocycles. The molecule has 6 heteroatoms. The number of thiol groups is 1. The molecule has 0 heterocycles. The van der Waals surface area contributed by atoms with E-state index in [1.807, 2.05) is 0 Å². The van der Waals surface area contributed by atoms with E-state index in [4.69, 9.17) is 5.26 Å². The Bertz CT molecular complexity index is 358. The Morgan fingerprint density at radius 3 is 2.50 bits per heavy atom. The fraction of sp³-hybridized carbons (Fsp3) is 0. The van der Waals surface area contributed by atoms with Crippen LogP contribution in [0, 0.1) is 17.3 Å². The second-order valence-electron chi connectivity index (χ2n) is 2.17. The molecule has 0 radical (unpaired) electrons. The van der Waals surface area contributed by atoms with Gasteiger partial charge in [0.25, 0.3) is 0 Å². The zero-order valence-corrected chi connectivity index (χ0v) is 7.42. The molecule has 0 aliphatic rings. The summed E-state index contributed by atoms with van der Waals surface area (Å²) in [6.07, 6.45) is 1.57. The van der Waals surface area contributed by atoms with Crippen molar-refractivity contribution >= 4 is 53.0 Å². The zero-order chi connectivity index (χ0) is 9.68. The Labute approximate surface area is 109 Å². The molecule has 0 aliphatic heterocycles. The van der Waals surface area contributed by atoms with Crippen LogP contribution in [0.25, 0.3) is 0 Å². The molecule has 0 aliphatic carbocycles. The minimum atomic E-state index is -0.316. The van der Waals surface area contributed by atoms with E-state index in [9.17, 15) is 4.39 Å². The number of nitrogens with zero attached hydrogens (tertiary/aromatic N) is 2. The summed E-state index contributed by atoms with van der Waals surface area (Å²) in [4.78, 5) is 3.32. The first-order valence-electron chi connectivity index (χ1n) is 3.40. The van der Waals surface area contributed by atoms with Crippen LogP contribution in [0.4, 0.5) is 10.1 Å². The number of amidine groups is 1. The van der Waals surface area contributed by atoms with E-state index in [-0.39, 0.29) is 40.5 Å². The Morgan fingerprint density at radius 2 is 2.00 bits per heavy atom. The molecule has 1 N–H and O–H groups in total. The number of nitrogens with one attached hydrogen (secondary N) is 1. The number of benzene rings is 1. The summed E-state index contributed by atoms with van der Waals surface area (Å²) in [5.74, 6) is -0.316. The van der Waals surface area contributed by atoms with Gasteiger partial charge in [0.2, 0.25) is 6.19 Å².